The standard InChI is InChI=1S/C27H27N7/c28-15-17-9-10-30-26(11-17)33-27-14-20(18-1-2-18)12-24(32-27)19-3-8-23-25(13-19)34(16-31-23)22-6-4-21(29)5-7-22/h3,8-14,16,18,21-22H,1-2,4-7,29H2,(H,30,32,33). The molecule has 1 aromatic carbocycles. The van der Waals surface area contributed by atoms with Crippen molar-refractivity contribution < 1.29 is 0 Å². The van der Waals surface area contributed by atoms with Crippen LogP contribution < -0.4 is 11.1 Å². The lowest BCUT2D eigenvalue weighted by atomic mass is 9.91. The van der Waals surface area contributed by atoms with Crippen LogP contribution in [0.2, 0.25) is 0 Å². The fourth-order valence-corrected chi connectivity index (χ4v) is 4.97. The second-order valence-corrected chi connectivity index (χ2v) is 9.54. The Hall–Kier alpha value is -3.76. The summed E-state index contributed by atoms with van der Waals surface area (Å²) in [7, 11) is 0. The minimum absolute atomic E-state index is 0.324. The smallest absolute Gasteiger partial charge is 0.132 e. The Morgan fingerprint density at radius 1 is 0.941 bits per heavy atom. The first-order valence-corrected chi connectivity index (χ1v) is 12.0. The Kier molecular flexibility index (Phi) is 5.23. The number of anilines is 2. The van der Waals surface area contributed by atoms with E-state index in [1.807, 2.05) is 6.33 Å². The molecular weight excluding hydrogens is 422 g/mol. The van der Waals surface area contributed by atoms with Crippen LogP contribution in [0.4, 0.5) is 11.6 Å². The molecule has 6 rings (SSSR count). The second-order valence-electron chi connectivity index (χ2n) is 9.54. The quantitative estimate of drug-likeness (QED) is 0.421. The first-order chi connectivity index (χ1) is 16.7. The minimum Gasteiger partial charge on any atom is -0.328 e. The van der Waals surface area contributed by atoms with Gasteiger partial charge in [-0.1, -0.05) is 6.07 Å². The maximum atomic E-state index is 9.21. The number of nitriles is 1. The molecule has 0 bridgehead atoms. The maximum absolute atomic E-state index is 9.21. The highest BCUT2D eigenvalue weighted by molar-refractivity contribution is 5.82. The van der Waals surface area contributed by atoms with Crippen molar-refractivity contribution in [1.82, 2.24) is 19.5 Å². The molecule has 34 heavy (non-hydrogen) atoms. The van der Waals surface area contributed by atoms with Crippen molar-refractivity contribution in [2.24, 2.45) is 5.73 Å². The normalized spacial score (nSPS) is 20.2. The van der Waals surface area contributed by atoms with Gasteiger partial charge in [-0.25, -0.2) is 15.0 Å². The summed E-state index contributed by atoms with van der Waals surface area (Å²) in [6, 6.07) is 17.1. The van der Waals surface area contributed by atoms with E-state index >= 15 is 0 Å². The molecule has 0 saturated heterocycles. The molecule has 2 aliphatic carbocycles. The van der Waals surface area contributed by atoms with Crippen LogP contribution in [0.3, 0.4) is 0 Å². The Morgan fingerprint density at radius 2 is 1.79 bits per heavy atom. The van der Waals surface area contributed by atoms with E-state index in [4.69, 9.17) is 10.7 Å². The average molecular weight is 450 g/mol. The number of aromatic nitrogens is 4. The van der Waals surface area contributed by atoms with Gasteiger partial charge in [-0.15, -0.1) is 0 Å². The molecule has 170 valence electrons. The van der Waals surface area contributed by atoms with E-state index in [1.54, 1.807) is 18.3 Å². The van der Waals surface area contributed by atoms with E-state index in [0.29, 0.717) is 29.4 Å². The first kappa shape index (κ1) is 20.8. The zero-order valence-corrected chi connectivity index (χ0v) is 19.0. The van der Waals surface area contributed by atoms with Crippen molar-refractivity contribution in [3.63, 3.8) is 0 Å². The lowest BCUT2D eigenvalue weighted by Crippen LogP contribution is -2.27. The molecule has 4 aromatic rings. The van der Waals surface area contributed by atoms with Crippen molar-refractivity contribution in [3.05, 3.63) is 66.1 Å². The van der Waals surface area contributed by atoms with Gasteiger partial charge in [0.05, 0.1) is 34.7 Å². The Balaban J connectivity index is 1.37. The Bertz CT molecular complexity index is 1390. The molecule has 0 unspecified atom stereocenters. The third kappa shape index (κ3) is 4.13. The van der Waals surface area contributed by atoms with Crippen LogP contribution in [0.1, 0.15) is 61.6 Å². The molecule has 0 radical (unpaired) electrons. The lowest BCUT2D eigenvalue weighted by Gasteiger charge is -2.27. The zero-order valence-electron chi connectivity index (χ0n) is 19.0. The van der Waals surface area contributed by atoms with E-state index in [9.17, 15) is 5.26 Å². The minimum atomic E-state index is 0.324. The van der Waals surface area contributed by atoms with Crippen molar-refractivity contribution in [3.8, 4) is 17.3 Å². The predicted octanol–water partition coefficient (Wildman–Crippen LogP) is 5.43. The van der Waals surface area contributed by atoms with E-state index < -0.39 is 0 Å². The summed E-state index contributed by atoms with van der Waals surface area (Å²) in [5.41, 5.74) is 12.2. The Labute approximate surface area is 198 Å². The molecule has 2 fully saturated rings. The van der Waals surface area contributed by atoms with E-state index in [2.05, 4.69) is 56.3 Å². The topological polar surface area (TPSA) is 105 Å². The molecule has 7 heteroatoms. The number of imidazole rings is 1. The van der Waals surface area contributed by atoms with Gasteiger partial charge in [-0.2, -0.15) is 5.26 Å². The summed E-state index contributed by atoms with van der Waals surface area (Å²) in [4.78, 5) is 13.9. The summed E-state index contributed by atoms with van der Waals surface area (Å²) in [6.45, 7) is 0. The SMILES string of the molecule is N#Cc1ccnc(Nc2cc(C3CC3)cc(-c3ccc4ncn(C5CCC(N)CC5)c4c3)n2)c1. The number of rotatable bonds is 5. The van der Waals surface area contributed by atoms with Crippen LogP contribution in [0, 0.1) is 11.3 Å². The number of nitrogens with two attached hydrogens (primary N) is 1. The van der Waals surface area contributed by atoms with E-state index in [-0.39, 0.29) is 0 Å². The lowest BCUT2D eigenvalue weighted by molar-refractivity contribution is 0.329. The van der Waals surface area contributed by atoms with Gasteiger partial charge < -0.3 is 15.6 Å². The van der Waals surface area contributed by atoms with Gasteiger partial charge in [-0.3, -0.25) is 0 Å². The number of fused-ring (bicyclic) bond motifs is 1. The third-order valence-corrected chi connectivity index (χ3v) is 7.05. The molecular formula is C27H27N7. The van der Waals surface area contributed by atoms with Crippen LogP contribution in [-0.4, -0.2) is 25.6 Å². The molecule has 2 aliphatic rings. The van der Waals surface area contributed by atoms with Crippen LogP contribution in [-0.2, 0) is 0 Å². The number of benzene rings is 1. The summed E-state index contributed by atoms with van der Waals surface area (Å²) < 4.78 is 2.33. The van der Waals surface area contributed by atoms with E-state index in [0.717, 1.165) is 53.8 Å². The van der Waals surface area contributed by atoms with Gasteiger partial charge in [0.15, 0.2) is 0 Å². The predicted molar refractivity (Wildman–Crippen MR) is 133 cm³/mol. The summed E-state index contributed by atoms with van der Waals surface area (Å²) in [5.74, 6) is 1.95. The third-order valence-electron chi connectivity index (χ3n) is 7.05. The zero-order chi connectivity index (χ0) is 23.1. The summed E-state index contributed by atoms with van der Waals surface area (Å²) in [6.07, 6.45) is 10.3. The highest BCUT2D eigenvalue weighted by Crippen LogP contribution is 2.42. The number of pyridine rings is 2. The Morgan fingerprint density at radius 3 is 2.59 bits per heavy atom. The highest BCUT2D eigenvalue weighted by Gasteiger charge is 2.25. The molecule has 0 atom stereocenters. The van der Waals surface area contributed by atoms with Gasteiger partial charge in [0.1, 0.15) is 11.6 Å². The average Bonchev–Trinajstić information content (AvgIpc) is 3.64. The van der Waals surface area contributed by atoms with E-state index in [1.165, 1.54) is 18.4 Å². The molecule has 3 N–H and O–H groups in total. The van der Waals surface area contributed by atoms with Crippen molar-refractivity contribution in [2.75, 3.05) is 5.32 Å². The fraction of sp³-hybridized carbons (Fsp3) is 0.333. The van der Waals surface area contributed by atoms with Crippen LogP contribution in [0.15, 0.2) is 55.0 Å². The van der Waals surface area contributed by atoms with Crippen molar-refractivity contribution in [2.45, 2.75) is 56.5 Å². The van der Waals surface area contributed by atoms with Gasteiger partial charge in [0.2, 0.25) is 0 Å². The summed E-state index contributed by atoms with van der Waals surface area (Å²) in [5, 5.41) is 12.5. The van der Waals surface area contributed by atoms with Gasteiger partial charge in [-0.05, 0) is 86.4 Å². The van der Waals surface area contributed by atoms with Crippen LogP contribution in [0.25, 0.3) is 22.3 Å². The van der Waals surface area contributed by atoms with Crippen LogP contribution >= 0.6 is 0 Å². The number of hydrogen-bond donors (Lipinski definition) is 2. The molecule has 0 amide bonds. The number of hydrogen-bond acceptors (Lipinski definition) is 6. The number of nitrogens with one attached hydrogen (secondary N) is 1. The van der Waals surface area contributed by atoms with Crippen molar-refractivity contribution in [1.29, 1.82) is 5.26 Å². The molecule has 0 aliphatic heterocycles. The molecule has 0 spiro atoms. The highest BCUT2D eigenvalue weighted by atomic mass is 15.1. The van der Waals surface area contributed by atoms with Crippen molar-refractivity contribution >= 4 is 22.7 Å². The largest absolute Gasteiger partial charge is 0.328 e. The summed E-state index contributed by atoms with van der Waals surface area (Å²) >= 11 is 0. The second kappa shape index (κ2) is 8.54. The number of nitrogens with zero attached hydrogens (tertiary/aromatic N) is 5. The van der Waals surface area contributed by atoms with Gasteiger partial charge in [0, 0.05) is 23.8 Å². The molecule has 3 heterocycles. The monoisotopic (exact) mass is 449 g/mol. The molecule has 3 aromatic heterocycles. The van der Waals surface area contributed by atoms with Gasteiger partial charge in [0.25, 0.3) is 0 Å². The maximum Gasteiger partial charge on any atom is 0.132 e. The first-order valence-electron chi connectivity index (χ1n) is 12.0. The van der Waals surface area contributed by atoms with Crippen LogP contribution in [0.5, 0.6) is 0 Å². The molecule has 2 saturated carbocycles. The molecule has 7 nitrogen and oxygen atoms in total. The fourth-order valence-electron chi connectivity index (χ4n) is 4.97. The van der Waals surface area contributed by atoms with Gasteiger partial charge >= 0.3 is 0 Å².